The van der Waals surface area contributed by atoms with E-state index in [4.69, 9.17) is 21.1 Å². The van der Waals surface area contributed by atoms with Crippen molar-refractivity contribution in [2.24, 2.45) is 5.92 Å². The number of ether oxygens (including phenoxy) is 2. The smallest absolute Gasteiger partial charge is 0.338 e. The van der Waals surface area contributed by atoms with Gasteiger partial charge in [0.1, 0.15) is 5.75 Å². The second kappa shape index (κ2) is 9.98. The first-order valence-corrected chi connectivity index (χ1v) is 10.7. The van der Waals surface area contributed by atoms with E-state index in [1.807, 2.05) is 6.92 Å². The van der Waals surface area contributed by atoms with Crippen molar-refractivity contribution in [3.8, 4) is 5.75 Å². The fourth-order valence-electron chi connectivity index (χ4n) is 3.95. The molecule has 3 rings (SSSR count). The number of nitrogens with one attached hydrogen (secondary N) is 2. The van der Waals surface area contributed by atoms with Gasteiger partial charge >= 0.3 is 18.0 Å². The summed E-state index contributed by atoms with van der Waals surface area (Å²) in [5, 5.41) is 5.74. The van der Waals surface area contributed by atoms with E-state index in [0.29, 0.717) is 35.8 Å². The topological polar surface area (TPSA) is 93.7 Å². The number of amides is 2. The van der Waals surface area contributed by atoms with Crippen LogP contribution >= 0.6 is 11.6 Å². The zero-order chi connectivity index (χ0) is 21.7. The molecule has 1 aromatic rings. The fourth-order valence-corrected chi connectivity index (χ4v) is 4.10. The van der Waals surface area contributed by atoms with Crippen LogP contribution in [0.5, 0.6) is 5.75 Å². The molecule has 162 valence electrons. The second-order valence-corrected chi connectivity index (χ2v) is 8.07. The third-order valence-corrected chi connectivity index (χ3v) is 5.76. The van der Waals surface area contributed by atoms with E-state index in [2.05, 4.69) is 10.6 Å². The SMILES string of the molecule is CCC1=C(C(=O)OCC2CCCCC2)C(c2ccc(Cl)c(OC(C)=O)c2)NC(=O)N1. The summed E-state index contributed by atoms with van der Waals surface area (Å²) in [6.07, 6.45) is 6.14. The Bertz CT molecular complexity index is 861. The average molecular weight is 435 g/mol. The first-order valence-electron chi connectivity index (χ1n) is 10.3. The van der Waals surface area contributed by atoms with Crippen LogP contribution in [0.1, 0.15) is 64.0 Å². The molecular formula is C22H27ClN2O5. The molecule has 1 aromatic carbocycles. The van der Waals surface area contributed by atoms with Crippen molar-refractivity contribution >= 4 is 29.6 Å². The summed E-state index contributed by atoms with van der Waals surface area (Å²) in [5.74, 6) is -0.425. The molecule has 1 atom stereocenters. The number of benzene rings is 1. The van der Waals surface area contributed by atoms with E-state index in [1.54, 1.807) is 18.2 Å². The zero-order valence-electron chi connectivity index (χ0n) is 17.3. The van der Waals surface area contributed by atoms with Gasteiger partial charge in [0.2, 0.25) is 0 Å². The molecule has 7 nitrogen and oxygen atoms in total. The molecule has 0 aromatic heterocycles. The van der Waals surface area contributed by atoms with Crippen LogP contribution in [0.2, 0.25) is 5.02 Å². The third kappa shape index (κ3) is 5.33. The number of allylic oxidation sites excluding steroid dienone is 1. The van der Waals surface area contributed by atoms with Crippen LogP contribution in [0.3, 0.4) is 0 Å². The Morgan fingerprint density at radius 2 is 1.93 bits per heavy atom. The van der Waals surface area contributed by atoms with Crippen LogP contribution in [0.25, 0.3) is 0 Å². The number of urea groups is 1. The van der Waals surface area contributed by atoms with E-state index in [9.17, 15) is 14.4 Å². The van der Waals surface area contributed by atoms with Gasteiger partial charge in [-0.25, -0.2) is 9.59 Å². The van der Waals surface area contributed by atoms with Crippen LogP contribution in [0.4, 0.5) is 4.79 Å². The van der Waals surface area contributed by atoms with E-state index >= 15 is 0 Å². The molecule has 1 aliphatic carbocycles. The standard InChI is InChI=1S/C22H27ClN2O5/c1-3-17-19(21(27)29-12-14-7-5-4-6-8-14)20(25-22(28)24-17)15-9-10-16(23)18(11-15)30-13(2)26/h9-11,14,20H,3-8,12H2,1-2H3,(H2,24,25,28). The normalized spacial score (nSPS) is 19.7. The molecule has 2 N–H and O–H groups in total. The predicted octanol–water partition coefficient (Wildman–Crippen LogP) is 4.41. The summed E-state index contributed by atoms with van der Waals surface area (Å²) < 4.78 is 10.8. The van der Waals surface area contributed by atoms with E-state index in [0.717, 1.165) is 25.7 Å². The zero-order valence-corrected chi connectivity index (χ0v) is 18.0. The van der Waals surface area contributed by atoms with Gasteiger partial charge < -0.3 is 20.1 Å². The minimum Gasteiger partial charge on any atom is -0.462 e. The lowest BCUT2D eigenvalue weighted by Crippen LogP contribution is -2.46. The monoisotopic (exact) mass is 434 g/mol. The molecule has 8 heteroatoms. The highest BCUT2D eigenvalue weighted by Crippen LogP contribution is 2.34. The Hall–Kier alpha value is -2.54. The van der Waals surface area contributed by atoms with Gasteiger partial charge in [-0.15, -0.1) is 0 Å². The summed E-state index contributed by atoms with van der Waals surface area (Å²) >= 11 is 6.12. The van der Waals surface area contributed by atoms with Gasteiger partial charge in [-0.1, -0.05) is 43.9 Å². The van der Waals surface area contributed by atoms with Crippen molar-refractivity contribution in [3.05, 3.63) is 40.1 Å². The number of esters is 2. The lowest BCUT2D eigenvalue weighted by Gasteiger charge is -2.30. The summed E-state index contributed by atoms with van der Waals surface area (Å²) in [5.41, 5.74) is 1.44. The quantitative estimate of drug-likeness (QED) is 0.511. The predicted molar refractivity (Wildman–Crippen MR) is 112 cm³/mol. The summed E-state index contributed by atoms with van der Waals surface area (Å²) in [6.45, 7) is 3.51. The summed E-state index contributed by atoms with van der Waals surface area (Å²) in [7, 11) is 0. The highest BCUT2D eigenvalue weighted by atomic mass is 35.5. The molecule has 1 unspecified atom stereocenters. The van der Waals surface area contributed by atoms with Crippen LogP contribution < -0.4 is 15.4 Å². The Kier molecular flexibility index (Phi) is 7.37. The maximum Gasteiger partial charge on any atom is 0.338 e. The number of hydrogen-bond donors (Lipinski definition) is 2. The van der Waals surface area contributed by atoms with Gasteiger partial charge in [0.05, 0.1) is 23.2 Å². The summed E-state index contributed by atoms with van der Waals surface area (Å²) in [4.78, 5) is 36.6. The first-order chi connectivity index (χ1) is 14.4. The molecule has 1 aliphatic heterocycles. The molecule has 1 saturated carbocycles. The van der Waals surface area contributed by atoms with Crippen molar-refractivity contribution in [1.29, 1.82) is 0 Å². The molecule has 1 heterocycles. The third-order valence-electron chi connectivity index (χ3n) is 5.44. The molecule has 2 aliphatic rings. The van der Waals surface area contributed by atoms with Crippen LogP contribution in [-0.2, 0) is 14.3 Å². The first kappa shape index (κ1) is 22.2. The molecule has 0 radical (unpaired) electrons. The van der Waals surface area contributed by atoms with Crippen molar-refractivity contribution in [3.63, 3.8) is 0 Å². The number of halogens is 1. The fraction of sp³-hybridized carbons (Fsp3) is 0.500. The Labute approximate surface area is 181 Å². The summed E-state index contributed by atoms with van der Waals surface area (Å²) in [6, 6.07) is 3.67. The van der Waals surface area contributed by atoms with E-state index in [1.165, 1.54) is 13.3 Å². The molecule has 30 heavy (non-hydrogen) atoms. The average Bonchev–Trinajstić information content (AvgIpc) is 2.73. The molecule has 2 amide bonds. The van der Waals surface area contributed by atoms with Crippen molar-refractivity contribution in [2.75, 3.05) is 6.61 Å². The molecule has 0 bridgehead atoms. The highest BCUT2D eigenvalue weighted by Gasteiger charge is 2.34. The van der Waals surface area contributed by atoms with E-state index < -0.39 is 24.0 Å². The maximum absolute atomic E-state index is 13.0. The Morgan fingerprint density at radius 3 is 2.60 bits per heavy atom. The molecule has 0 spiro atoms. The van der Waals surface area contributed by atoms with Gasteiger partial charge in [0, 0.05) is 12.6 Å². The largest absolute Gasteiger partial charge is 0.462 e. The minimum atomic E-state index is -0.737. The van der Waals surface area contributed by atoms with Crippen LogP contribution in [-0.4, -0.2) is 24.6 Å². The molecular weight excluding hydrogens is 408 g/mol. The Balaban J connectivity index is 1.88. The number of carbonyl (C=O) groups excluding carboxylic acids is 3. The maximum atomic E-state index is 13.0. The van der Waals surface area contributed by atoms with Crippen molar-refractivity contribution in [2.45, 2.75) is 58.4 Å². The van der Waals surface area contributed by atoms with E-state index in [-0.39, 0.29) is 10.8 Å². The molecule has 0 saturated heterocycles. The number of rotatable bonds is 6. The van der Waals surface area contributed by atoms with Gasteiger partial charge in [-0.2, -0.15) is 0 Å². The van der Waals surface area contributed by atoms with Crippen LogP contribution in [0.15, 0.2) is 29.5 Å². The van der Waals surface area contributed by atoms with Gasteiger partial charge in [0.25, 0.3) is 0 Å². The lowest BCUT2D eigenvalue weighted by atomic mass is 9.90. The lowest BCUT2D eigenvalue weighted by molar-refractivity contribution is -0.141. The van der Waals surface area contributed by atoms with Crippen molar-refractivity contribution in [1.82, 2.24) is 10.6 Å². The highest BCUT2D eigenvalue weighted by molar-refractivity contribution is 6.32. The van der Waals surface area contributed by atoms with Gasteiger partial charge in [-0.05, 0) is 42.9 Å². The van der Waals surface area contributed by atoms with Crippen LogP contribution in [0, 0.1) is 5.92 Å². The van der Waals surface area contributed by atoms with Gasteiger partial charge in [0.15, 0.2) is 0 Å². The second-order valence-electron chi connectivity index (χ2n) is 7.66. The molecule has 1 fully saturated rings. The number of hydrogen-bond acceptors (Lipinski definition) is 5. The Morgan fingerprint density at radius 1 is 1.20 bits per heavy atom. The van der Waals surface area contributed by atoms with Crippen molar-refractivity contribution < 1.29 is 23.9 Å². The van der Waals surface area contributed by atoms with Gasteiger partial charge in [-0.3, -0.25) is 4.79 Å². The minimum absolute atomic E-state index is 0.169. The number of carbonyl (C=O) groups is 3.